The van der Waals surface area contributed by atoms with Crippen molar-refractivity contribution in [3.05, 3.63) is 29.8 Å². The van der Waals surface area contributed by atoms with Crippen LogP contribution in [0.25, 0.3) is 0 Å². The highest BCUT2D eigenvalue weighted by Crippen LogP contribution is 2.24. The van der Waals surface area contributed by atoms with Gasteiger partial charge in [-0.05, 0) is 42.9 Å². The zero-order valence-corrected chi connectivity index (χ0v) is 14.6. The molecule has 0 spiro atoms. The molecule has 1 aromatic rings. The molecule has 3 atom stereocenters. The molecule has 3 N–H and O–H groups in total. The second-order valence-corrected chi connectivity index (χ2v) is 8.15. The molecular weight excluding hydrogens is 298 g/mol. The minimum atomic E-state index is -3.17. The van der Waals surface area contributed by atoms with E-state index < -0.39 is 15.9 Å². The van der Waals surface area contributed by atoms with Gasteiger partial charge in [0.25, 0.3) is 0 Å². The first-order valence-electron chi connectivity index (χ1n) is 8.08. The standard InChI is InChI=1S/C17H29NO3S/c1-4-6-16(18)17(19)12-13(3)14-7-9-15(10-8-14)22(20,21)11-5-2/h7-10,13,16-17,19H,4-6,11-12,18H2,1-3H3. The van der Waals surface area contributed by atoms with Crippen LogP contribution < -0.4 is 5.73 Å². The smallest absolute Gasteiger partial charge is 0.178 e. The maximum atomic E-state index is 12.0. The predicted octanol–water partition coefficient (Wildman–Crippen LogP) is 2.85. The van der Waals surface area contributed by atoms with Crippen LogP contribution >= 0.6 is 0 Å². The number of aliphatic hydroxyl groups excluding tert-OH is 1. The lowest BCUT2D eigenvalue weighted by molar-refractivity contribution is 0.124. The maximum absolute atomic E-state index is 12.0. The van der Waals surface area contributed by atoms with Crippen molar-refractivity contribution < 1.29 is 13.5 Å². The van der Waals surface area contributed by atoms with Crippen molar-refractivity contribution in [3.8, 4) is 0 Å². The number of hydrogen-bond acceptors (Lipinski definition) is 4. The van der Waals surface area contributed by atoms with Gasteiger partial charge in [0, 0.05) is 6.04 Å². The molecule has 5 heteroatoms. The van der Waals surface area contributed by atoms with Crippen molar-refractivity contribution in [2.24, 2.45) is 5.73 Å². The summed E-state index contributed by atoms with van der Waals surface area (Å²) in [5.74, 6) is 0.313. The van der Waals surface area contributed by atoms with Crippen LogP contribution in [0.5, 0.6) is 0 Å². The lowest BCUT2D eigenvalue weighted by atomic mass is 9.91. The van der Waals surface area contributed by atoms with Gasteiger partial charge in [-0.2, -0.15) is 0 Å². The van der Waals surface area contributed by atoms with Crippen LogP contribution in [0.3, 0.4) is 0 Å². The van der Waals surface area contributed by atoms with Gasteiger partial charge < -0.3 is 10.8 Å². The summed E-state index contributed by atoms with van der Waals surface area (Å²) < 4.78 is 24.0. The normalized spacial score (nSPS) is 16.2. The molecule has 0 fully saturated rings. The number of rotatable bonds is 9. The minimum Gasteiger partial charge on any atom is -0.391 e. The van der Waals surface area contributed by atoms with Crippen molar-refractivity contribution in [1.29, 1.82) is 0 Å². The molecule has 0 aliphatic heterocycles. The van der Waals surface area contributed by atoms with Gasteiger partial charge in [0.2, 0.25) is 0 Å². The third kappa shape index (κ3) is 5.38. The number of aliphatic hydroxyl groups is 1. The van der Waals surface area contributed by atoms with Crippen molar-refractivity contribution in [2.45, 2.75) is 69.4 Å². The van der Waals surface area contributed by atoms with Crippen LogP contribution in [-0.4, -0.2) is 31.4 Å². The molecule has 0 saturated heterocycles. The lowest BCUT2D eigenvalue weighted by Gasteiger charge is -2.22. The molecule has 0 heterocycles. The summed E-state index contributed by atoms with van der Waals surface area (Å²) in [4.78, 5) is 0.369. The van der Waals surface area contributed by atoms with Gasteiger partial charge in [0.05, 0.1) is 16.8 Å². The van der Waals surface area contributed by atoms with Gasteiger partial charge in [-0.25, -0.2) is 8.42 Å². The van der Waals surface area contributed by atoms with Crippen LogP contribution in [0.1, 0.15) is 57.9 Å². The number of sulfone groups is 1. The highest BCUT2D eigenvalue weighted by Gasteiger charge is 2.19. The van der Waals surface area contributed by atoms with Gasteiger partial charge in [0.1, 0.15) is 0 Å². The van der Waals surface area contributed by atoms with Gasteiger partial charge >= 0.3 is 0 Å². The molecule has 0 saturated carbocycles. The van der Waals surface area contributed by atoms with E-state index in [1.165, 1.54) is 0 Å². The van der Waals surface area contributed by atoms with Gasteiger partial charge in [-0.15, -0.1) is 0 Å². The van der Waals surface area contributed by atoms with Gasteiger partial charge in [0.15, 0.2) is 9.84 Å². The highest BCUT2D eigenvalue weighted by atomic mass is 32.2. The van der Waals surface area contributed by atoms with E-state index in [0.29, 0.717) is 17.7 Å². The van der Waals surface area contributed by atoms with E-state index in [2.05, 4.69) is 0 Å². The molecular formula is C17H29NO3S. The Balaban J connectivity index is 2.74. The summed E-state index contributed by atoms with van der Waals surface area (Å²) in [6.07, 6.45) is 2.43. The summed E-state index contributed by atoms with van der Waals surface area (Å²) >= 11 is 0. The Bertz CT molecular complexity index is 540. The first-order chi connectivity index (χ1) is 10.3. The fraction of sp³-hybridized carbons (Fsp3) is 0.647. The summed E-state index contributed by atoms with van der Waals surface area (Å²) in [5.41, 5.74) is 6.97. The average molecular weight is 327 g/mol. The van der Waals surface area contributed by atoms with E-state index >= 15 is 0 Å². The minimum absolute atomic E-state index is 0.140. The molecule has 0 aliphatic rings. The van der Waals surface area contributed by atoms with Crippen LogP contribution in [0.4, 0.5) is 0 Å². The number of benzene rings is 1. The largest absolute Gasteiger partial charge is 0.391 e. The number of hydrogen-bond donors (Lipinski definition) is 2. The molecule has 0 aromatic heterocycles. The topological polar surface area (TPSA) is 80.4 Å². The molecule has 3 unspecified atom stereocenters. The van der Waals surface area contributed by atoms with Gasteiger partial charge in [-0.3, -0.25) is 0 Å². The average Bonchev–Trinajstić information content (AvgIpc) is 2.47. The van der Waals surface area contributed by atoms with E-state index in [4.69, 9.17) is 5.73 Å². The Morgan fingerprint density at radius 2 is 1.73 bits per heavy atom. The second kappa shape index (κ2) is 8.65. The van der Waals surface area contributed by atoms with Crippen LogP contribution in [-0.2, 0) is 9.84 Å². The molecule has 4 nitrogen and oxygen atoms in total. The van der Waals surface area contributed by atoms with Gasteiger partial charge in [-0.1, -0.05) is 39.3 Å². The van der Waals surface area contributed by atoms with Crippen molar-refractivity contribution in [1.82, 2.24) is 0 Å². The second-order valence-electron chi connectivity index (χ2n) is 6.04. The van der Waals surface area contributed by atoms with Crippen molar-refractivity contribution in [2.75, 3.05) is 5.75 Å². The lowest BCUT2D eigenvalue weighted by Crippen LogP contribution is -2.35. The SMILES string of the molecule is CCCC(N)C(O)CC(C)c1ccc(S(=O)(=O)CCC)cc1. The zero-order valence-electron chi connectivity index (χ0n) is 13.8. The summed E-state index contributed by atoms with van der Waals surface area (Å²) in [6.45, 7) is 5.93. The zero-order chi connectivity index (χ0) is 16.8. The molecule has 126 valence electrons. The van der Waals surface area contributed by atoms with E-state index in [9.17, 15) is 13.5 Å². The Morgan fingerprint density at radius 3 is 2.23 bits per heavy atom. The van der Waals surface area contributed by atoms with Crippen LogP contribution in [0.2, 0.25) is 0 Å². The molecule has 1 aromatic carbocycles. The van der Waals surface area contributed by atoms with E-state index in [1.807, 2.05) is 32.9 Å². The first-order valence-corrected chi connectivity index (χ1v) is 9.73. The first kappa shape index (κ1) is 19.1. The Morgan fingerprint density at radius 1 is 1.14 bits per heavy atom. The molecule has 1 rings (SSSR count). The maximum Gasteiger partial charge on any atom is 0.178 e. The number of nitrogens with two attached hydrogens (primary N) is 1. The quantitative estimate of drug-likeness (QED) is 0.731. The fourth-order valence-electron chi connectivity index (χ4n) is 2.59. The summed E-state index contributed by atoms with van der Waals surface area (Å²) in [5, 5.41) is 10.1. The van der Waals surface area contributed by atoms with Crippen molar-refractivity contribution in [3.63, 3.8) is 0 Å². The van der Waals surface area contributed by atoms with Crippen molar-refractivity contribution >= 4 is 9.84 Å². The summed E-state index contributed by atoms with van der Waals surface area (Å²) in [6, 6.07) is 6.80. The Labute approximate surface area is 134 Å². The monoisotopic (exact) mass is 327 g/mol. The molecule has 0 amide bonds. The third-order valence-electron chi connectivity index (χ3n) is 3.99. The predicted molar refractivity (Wildman–Crippen MR) is 90.7 cm³/mol. The Kier molecular flexibility index (Phi) is 7.53. The van der Waals surface area contributed by atoms with E-state index in [1.54, 1.807) is 12.1 Å². The highest BCUT2D eigenvalue weighted by molar-refractivity contribution is 7.91. The molecule has 0 radical (unpaired) electrons. The van der Waals surface area contributed by atoms with Crippen LogP contribution in [0, 0.1) is 0 Å². The molecule has 0 bridgehead atoms. The van der Waals surface area contributed by atoms with E-state index in [-0.39, 0.29) is 17.7 Å². The van der Waals surface area contributed by atoms with E-state index in [0.717, 1.165) is 18.4 Å². The molecule has 22 heavy (non-hydrogen) atoms. The van der Waals surface area contributed by atoms with Crippen LogP contribution in [0.15, 0.2) is 29.2 Å². The Hall–Kier alpha value is -0.910. The third-order valence-corrected chi connectivity index (χ3v) is 5.93. The molecule has 0 aliphatic carbocycles. The summed E-state index contributed by atoms with van der Waals surface area (Å²) in [7, 11) is -3.17. The fourth-order valence-corrected chi connectivity index (χ4v) is 3.91.